The van der Waals surface area contributed by atoms with Gasteiger partial charge in [-0.1, -0.05) is 28.9 Å². The maximum atomic E-state index is 13.0. The van der Waals surface area contributed by atoms with Gasteiger partial charge in [-0.2, -0.15) is 5.10 Å². The van der Waals surface area contributed by atoms with Crippen LogP contribution in [0.2, 0.25) is 0 Å². The fourth-order valence-electron chi connectivity index (χ4n) is 3.45. The topological polar surface area (TPSA) is 38.1 Å². The van der Waals surface area contributed by atoms with Gasteiger partial charge in [-0.25, -0.2) is 13.5 Å². The molecule has 3 rings (SSSR count). The number of carbonyl (C=O) groups is 1. The van der Waals surface area contributed by atoms with E-state index in [0.29, 0.717) is 18.7 Å². The zero-order valence-corrected chi connectivity index (χ0v) is 16.3. The molecule has 0 saturated heterocycles. The Labute approximate surface area is 160 Å². The summed E-state index contributed by atoms with van der Waals surface area (Å²) < 4.78 is 28.6. The summed E-state index contributed by atoms with van der Waals surface area (Å²) in [5.41, 5.74) is 3.13. The second-order valence-corrected chi connectivity index (χ2v) is 7.43. The van der Waals surface area contributed by atoms with E-state index in [1.807, 2.05) is 31.2 Å². The zero-order valence-electron chi connectivity index (χ0n) is 14.7. The Balaban J connectivity index is 2.03. The highest BCUT2D eigenvalue weighted by molar-refractivity contribution is 9.10. The lowest BCUT2D eigenvalue weighted by Gasteiger charge is -2.21. The summed E-state index contributed by atoms with van der Waals surface area (Å²) in [6.45, 7) is 1.63. The van der Waals surface area contributed by atoms with Gasteiger partial charge in [0.05, 0.1) is 12.2 Å². The summed E-state index contributed by atoms with van der Waals surface area (Å²) in [5.74, 6) is -0.390. The predicted octanol–water partition coefficient (Wildman–Crippen LogP) is 4.63. The number of hydrogen-bond donors (Lipinski definition) is 0. The first-order chi connectivity index (χ1) is 12.5. The lowest BCUT2D eigenvalue weighted by molar-refractivity contribution is 0.0549. The molecule has 0 atom stereocenters. The van der Waals surface area contributed by atoms with E-state index in [9.17, 15) is 13.6 Å². The molecule has 140 valence electrons. The van der Waals surface area contributed by atoms with Crippen LogP contribution in [0, 0.1) is 0 Å². The molecule has 1 aliphatic rings. The van der Waals surface area contributed by atoms with Crippen molar-refractivity contribution >= 4 is 21.8 Å². The Bertz CT molecular complexity index is 791. The largest absolute Gasteiger partial charge is 0.332 e. The van der Waals surface area contributed by atoms with E-state index in [-0.39, 0.29) is 5.91 Å². The highest BCUT2D eigenvalue weighted by Gasteiger charge is 2.29. The van der Waals surface area contributed by atoms with E-state index >= 15 is 0 Å². The monoisotopic (exact) mass is 425 g/mol. The van der Waals surface area contributed by atoms with Crippen LogP contribution >= 0.6 is 15.9 Å². The minimum absolute atomic E-state index is 0.307. The molecule has 7 heteroatoms. The van der Waals surface area contributed by atoms with Crippen molar-refractivity contribution in [3.63, 3.8) is 0 Å². The summed E-state index contributed by atoms with van der Waals surface area (Å²) in [6, 6.07) is 7.72. The highest BCUT2D eigenvalue weighted by Crippen LogP contribution is 2.28. The van der Waals surface area contributed by atoms with Crippen LogP contribution in [0.3, 0.4) is 0 Å². The standard InChI is InChI=1S/C19H22BrF2N3O/c1-2-10-24(12-17(21)22)19(26)18-15-8-3-4-9-16(15)25(23-18)14-7-5-6-13(20)11-14/h5-7,11,17H,2-4,8-10,12H2,1H3. The third-order valence-electron chi connectivity index (χ3n) is 4.57. The number of halogens is 3. The number of hydrogen-bond acceptors (Lipinski definition) is 2. The molecule has 26 heavy (non-hydrogen) atoms. The second-order valence-electron chi connectivity index (χ2n) is 6.51. The van der Waals surface area contributed by atoms with Crippen molar-refractivity contribution in [3.8, 4) is 5.69 Å². The Kier molecular flexibility index (Phi) is 6.06. The van der Waals surface area contributed by atoms with E-state index in [0.717, 1.165) is 47.1 Å². The molecule has 0 spiro atoms. The van der Waals surface area contributed by atoms with Crippen LogP contribution < -0.4 is 0 Å². The minimum Gasteiger partial charge on any atom is -0.332 e. The molecular formula is C19H22BrF2N3O. The molecule has 1 aromatic carbocycles. The maximum absolute atomic E-state index is 13.0. The number of carbonyl (C=O) groups excluding carboxylic acids is 1. The summed E-state index contributed by atoms with van der Waals surface area (Å²) in [4.78, 5) is 14.2. The smallest absolute Gasteiger partial charge is 0.274 e. The SMILES string of the molecule is CCCN(CC(F)F)C(=O)c1nn(-c2cccc(Br)c2)c2c1CCCC2. The normalized spacial score (nSPS) is 13.7. The number of nitrogens with zero attached hydrogens (tertiary/aromatic N) is 3. The third kappa shape index (κ3) is 3.98. The van der Waals surface area contributed by atoms with E-state index in [1.54, 1.807) is 4.68 Å². The van der Waals surface area contributed by atoms with Gasteiger partial charge in [0.2, 0.25) is 0 Å². The second kappa shape index (κ2) is 8.29. The summed E-state index contributed by atoms with van der Waals surface area (Å²) in [7, 11) is 0. The van der Waals surface area contributed by atoms with Gasteiger partial charge < -0.3 is 4.90 Å². The van der Waals surface area contributed by atoms with Crippen molar-refractivity contribution in [1.29, 1.82) is 0 Å². The lowest BCUT2D eigenvalue weighted by Crippen LogP contribution is -2.36. The van der Waals surface area contributed by atoms with Crippen LogP contribution in [0.5, 0.6) is 0 Å². The zero-order chi connectivity index (χ0) is 18.7. The van der Waals surface area contributed by atoms with Gasteiger partial charge in [0.25, 0.3) is 12.3 Å². The summed E-state index contributed by atoms with van der Waals surface area (Å²) in [6.07, 6.45) is 1.71. The average molecular weight is 426 g/mol. The average Bonchev–Trinajstić information content (AvgIpc) is 3.00. The van der Waals surface area contributed by atoms with E-state index in [1.165, 1.54) is 4.90 Å². The van der Waals surface area contributed by atoms with Gasteiger partial charge in [-0.3, -0.25) is 4.79 Å². The van der Waals surface area contributed by atoms with Gasteiger partial charge in [0.1, 0.15) is 0 Å². The van der Waals surface area contributed by atoms with Crippen molar-refractivity contribution < 1.29 is 13.6 Å². The van der Waals surface area contributed by atoms with E-state index in [2.05, 4.69) is 21.0 Å². The van der Waals surface area contributed by atoms with Crippen molar-refractivity contribution in [2.45, 2.75) is 45.5 Å². The molecule has 0 saturated carbocycles. The third-order valence-corrected chi connectivity index (χ3v) is 5.07. The predicted molar refractivity (Wildman–Crippen MR) is 100 cm³/mol. The van der Waals surface area contributed by atoms with Crippen molar-refractivity contribution in [3.05, 3.63) is 45.7 Å². The highest BCUT2D eigenvalue weighted by atomic mass is 79.9. The van der Waals surface area contributed by atoms with Crippen LogP contribution in [-0.2, 0) is 12.8 Å². The van der Waals surface area contributed by atoms with E-state index in [4.69, 9.17) is 0 Å². The molecule has 0 radical (unpaired) electrons. The first-order valence-electron chi connectivity index (χ1n) is 8.95. The number of benzene rings is 1. The molecule has 1 heterocycles. The van der Waals surface area contributed by atoms with Crippen molar-refractivity contribution in [2.75, 3.05) is 13.1 Å². The fraction of sp³-hybridized carbons (Fsp3) is 0.474. The number of aromatic nitrogens is 2. The fourth-order valence-corrected chi connectivity index (χ4v) is 3.84. The number of alkyl halides is 2. The Morgan fingerprint density at radius 3 is 2.81 bits per heavy atom. The number of amides is 1. The van der Waals surface area contributed by atoms with Crippen LogP contribution in [-0.4, -0.2) is 40.1 Å². The molecule has 2 aromatic rings. The van der Waals surface area contributed by atoms with Gasteiger partial charge in [-0.15, -0.1) is 0 Å². The molecule has 0 fully saturated rings. The Hall–Kier alpha value is -1.76. The Morgan fingerprint density at radius 2 is 2.12 bits per heavy atom. The quantitative estimate of drug-likeness (QED) is 0.676. The van der Waals surface area contributed by atoms with Crippen molar-refractivity contribution in [1.82, 2.24) is 14.7 Å². The molecular weight excluding hydrogens is 404 g/mol. The Morgan fingerprint density at radius 1 is 1.35 bits per heavy atom. The number of fused-ring (bicyclic) bond motifs is 1. The molecule has 0 aliphatic heterocycles. The molecule has 1 aromatic heterocycles. The summed E-state index contributed by atoms with van der Waals surface area (Å²) in [5, 5.41) is 4.57. The molecule has 0 N–H and O–H groups in total. The maximum Gasteiger partial charge on any atom is 0.274 e. The van der Waals surface area contributed by atoms with Gasteiger partial charge >= 0.3 is 0 Å². The lowest BCUT2D eigenvalue weighted by atomic mass is 9.95. The van der Waals surface area contributed by atoms with Crippen LogP contribution in [0.25, 0.3) is 5.69 Å². The van der Waals surface area contributed by atoms with E-state index < -0.39 is 13.0 Å². The van der Waals surface area contributed by atoms with Crippen molar-refractivity contribution in [2.24, 2.45) is 0 Å². The van der Waals surface area contributed by atoms with Gasteiger partial charge in [-0.05, 0) is 50.3 Å². The molecule has 4 nitrogen and oxygen atoms in total. The van der Waals surface area contributed by atoms with Crippen LogP contribution in [0.4, 0.5) is 8.78 Å². The summed E-state index contributed by atoms with van der Waals surface area (Å²) >= 11 is 3.46. The molecule has 1 aliphatic carbocycles. The molecule has 1 amide bonds. The molecule has 0 bridgehead atoms. The van der Waals surface area contributed by atoms with Gasteiger partial charge in [0.15, 0.2) is 5.69 Å². The van der Waals surface area contributed by atoms with Crippen LogP contribution in [0.1, 0.15) is 47.9 Å². The number of rotatable bonds is 6. The van der Waals surface area contributed by atoms with Crippen LogP contribution in [0.15, 0.2) is 28.7 Å². The minimum atomic E-state index is -2.55. The first kappa shape index (κ1) is 19.0. The first-order valence-corrected chi connectivity index (χ1v) is 9.74. The molecule has 0 unspecified atom stereocenters. The van der Waals surface area contributed by atoms with Gasteiger partial charge in [0, 0.05) is 22.3 Å².